The molecule has 0 radical (unpaired) electrons. The van der Waals surface area contributed by atoms with Crippen LogP contribution in [0.4, 0.5) is 5.69 Å². The number of ether oxygens (including phenoxy) is 2. The van der Waals surface area contributed by atoms with Crippen LogP contribution < -0.4 is 10.5 Å². The van der Waals surface area contributed by atoms with Gasteiger partial charge in [-0.1, -0.05) is 0 Å². The van der Waals surface area contributed by atoms with Crippen molar-refractivity contribution < 1.29 is 9.47 Å². The van der Waals surface area contributed by atoms with Gasteiger partial charge in [-0.3, -0.25) is 0 Å². The highest BCUT2D eigenvalue weighted by Gasteiger charge is 1.98. The third-order valence-electron chi connectivity index (χ3n) is 1.80. The molecule has 0 saturated carbocycles. The fourth-order valence-corrected chi connectivity index (χ4v) is 0.948. The van der Waals surface area contributed by atoms with Gasteiger partial charge < -0.3 is 15.2 Å². The molecule has 0 aromatic carbocycles. The number of anilines is 1. The monoisotopic (exact) mass is 196 g/mol. The Kier molecular flexibility index (Phi) is 4.19. The number of hydrogen-bond acceptors (Lipinski definition) is 4. The lowest BCUT2D eigenvalue weighted by atomic mass is 10.3. The van der Waals surface area contributed by atoms with Gasteiger partial charge in [0.25, 0.3) is 0 Å². The van der Waals surface area contributed by atoms with Crippen molar-refractivity contribution in [2.24, 2.45) is 0 Å². The van der Waals surface area contributed by atoms with E-state index in [2.05, 4.69) is 4.98 Å². The van der Waals surface area contributed by atoms with Gasteiger partial charge in [0.15, 0.2) is 0 Å². The summed E-state index contributed by atoms with van der Waals surface area (Å²) >= 11 is 0. The van der Waals surface area contributed by atoms with Crippen LogP contribution in [0, 0.1) is 6.92 Å². The fraction of sp³-hybridized carbons (Fsp3) is 0.500. The Hall–Kier alpha value is -1.29. The summed E-state index contributed by atoms with van der Waals surface area (Å²) in [5, 5.41) is 0. The molecule has 0 saturated heterocycles. The van der Waals surface area contributed by atoms with Crippen LogP contribution in [0.3, 0.4) is 0 Å². The molecule has 1 aromatic rings. The summed E-state index contributed by atoms with van der Waals surface area (Å²) < 4.78 is 10.5. The molecule has 0 spiro atoms. The molecule has 14 heavy (non-hydrogen) atoms. The average molecular weight is 196 g/mol. The summed E-state index contributed by atoms with van der Waals surface area (Å²) in [6.45, 7) is 5.64. The van der Waals surface area contributed by atoms with Crippen LogP contribution in [0.25, 0.3) is 0 Å². The van der Waals surface area contributed by atoms with Crippen LogP contribution in [-0.4, -0.2) is 24.8 Å². The normalized spacial score (nSPS) is 10.1. The van der Waals surface area contributed by atoms with Crippen molar-refractivity contribution in [2.45, 2.75) is 13.8 Å². The molecule has 1 rings (SSSR count). The number of nitrogens with two attached hydrogens (primary N) is 1. The first-order valence-corrected chi connectivity index (χ1v) is 4.66. The highest BCUT2D eigenvalue weighted by atomic mass is 16.5. The predicted molar refractivity (Wildman–Crippen MR) is 55.4 cm³/mol. The Morgan fingerprint density at radius 1 is 1.43 bits per heavy atom. The summed E-state index contributed by atoms with van der Waals surface area (Å²) in [6.07, 6.45) is 1.70. The van der Waals surface area contributed by atoms with Crippen molar-refractivity contribution >= 4 is 5.69 Å². The zero-order valence-electron chi connectivity index (χ0n) is 8.62. The highest BCUT2D eigenvalue weighted by molar-refractivity contribution is 5.46. The van der Waals surface area contributed by atoms with Crippen LogP contribution in [0.5, 0.6) is 5.88 Å². The lowest BCUT2D eigenvalue weighted by Gasteiger charge is -2.06. The van der Waals surface area contributed by atoms with Gasteiger partial charge in [-0.05, 0) is 19.4 Å². The number of pyridine rings is 1. The summed E-state index contributed by atoms with van der Waals surface area (Å²) in [7, 11) is 0. The molecule has 1 heterocycles. The predicted octanol–water partition coefficient (Wildman–Crippen LogP) is 1.39. The Labute approximate surface area is 84.0 Å². The highest BCUT2D eigenvalue weighted by Crippen LogP contribution is 2.15. The molecule has 78 valence electrons. The summed E-state index contributed by atoms with van der Waals surface area (Å²) in [5.41, 5.74) is 7.36. The number of nitrogens with zero attached hydrogens (tertiary/aromatic N) is 1. The van der Waals surface area contributed by atoms with Gasteiger partial charge in [-0.25, -0.2) is 4.98 Å². The number of nitrogen functional groups attached to an aromatic ring is 1. The molecular weight excluding hydrogens is 180 g/mol. The minimum atomic E-state index is 0.503. The van der Waals surface area contributed by atoms with E-state index in [1.807, 2.05) is 13.8 Å². The quantitative estimate of drug-likeness (QED) is 0.723. The van der Waals surface area contributed by atoms with Gasteiger partial charge in [-0.2, -0.15) is 0 Å². The largest absolute Gasteiger partial charge is 0.475 e. The van der Waals surface area contributed by atoms with Gasteiger partial charge in [0.2, 0.25) is 5.88 Å². The van der Waals surface area contributed by atoms with E-state index < -0.39 is 0 Å². The van der Waals surface area contributed by atoms with Gasteiger partial charge in [0.1, 0.15) is 6.61 Å². The topological polar surface area (TPSA) is 57.4 Å². The minimum absolute atomic E-state index is 0.503. The van der Waals surface area contributed by atoms with E-state index in [0.29, 0.717) is 31.4 Å². The van der Waals surface area contributed by atoms with Gasteiger partial charge >= 0.3 is 0 Å². The van der Waals surface area contributed by atoms with E-state index in [1.54, 1.807) is 12.3 Å². The average Bonchev–Trinajstić information content (AvgIpc) is 2.18. The molecule has 0 atom stereocenters. The van der Waals surface area contributed by atoms with Crippen molar-refractivity contribution in [3.8, 4) is 5.88 Å². The van der Waals surface area contributed by atoms with Crippen LogP contribution in [-0.2, 0) is 4.74 Å². The molecule has 0 aliphatic heterocycles. The standard InChI is InChI=1S/C10H16N2O2/c1-3-13-4-5-14-10-6-9(11)8(2)7-12-10/h6-7H,3-5H2,1-2H3,(H2,11,12). The van der Waals surface area contributed by atoms with E-state index in [9.17, 15) is 0 Å². The first kappa shape index (κ1) is 10.8. The van der Waals surface area contributed by atoms with E-state index in [0.717, 1.165) is 5.56 Å². The summed E-state index contributed by atoms with van der Waals surface area (Å²) in [5.74, 6) is 0.549. The number of rotatable bonds is 5. The molecule has 0 aliphatic rings. The van der Waals surface area contributed by atoms with Crippen LogP contribution in [0.15, 0.2) is 12.3 Å². The van der Waals surface area contributed by atoms with E-state index in [1.165, 1.54) is 0 Å². The third-order valence-corrected chi connectivity index (χ3v) is 1.80. The first-order valence-electron chi connectivity index (χ1n) is 4.66. The molecule has 0 aliphatic carbocycles. The van der Waals surface area contributed by atoms with Crippen molar-refractivity contribution in [1.82, 2.24) is 4.98 Å². The molecule has 0 fully saturated rings. The molecule has 4 nitrogen and oxygen atoms in total. The Balaban J connectivity index is 2.39. The van der Waals surface area contributed by atoms with Crippen molar-refractivity contribution in [3.63, 3.8) is 0 Å². The Bertz CT molecular complexity index is 289. The molecule has 1 aromatic heterocycles. The zero-order chi connectivity index (χ0) is 10.4. The maximum Gasteiger partial charge on any atom is 0.215 e. The van der Waals surface area contributed by atoms with Crippen molar-refractivity contribution in [3.05, 3.63) is 17.8 Å². The molecule has 0 amide bonds. The van der Waals surface area contributed by atoms with Crippen molar-refractivity contribution in [1.29, 1.82) is 0 Å². The Morgan fingerprint density at radius 2 is 2.21 bits per heavy atom. The Morgan fingerprint density at radius 3 is 2.86 bits per heavy atom. The van der Waals surface area contributed by atoms with Crippen molar-refractivity contribution in [2.75, 3.05) is 25.6 Å². The minimum Gasteiger partial charge on any atom is -0.475 e. The molecular formula is C10H16N2O2. The lowest BCUT2D eigenvalue weighted by molar-refractivity contribution is 0.108. The van der Waals surface area contributed by atoms with Gasteiger partial charge in [0.05, 0.1) is 6.61 Å². The molecule has 0 bridgehead atoms. The summed E-state index contributed by atoms with van der Waals surface area (Å²) in [4.78, 5) is 4.08. The molecule has 2 N–H and O–H groups in total. The van der Waals surface area contributed by atoms with E-state index in [-0.39, 0.29) is 0 Å². The third kappa shape index (κ3) is 3.22. The maximum atomic E-state index is 5.70. The van der Waals surface area contributed by atoms with Gasteiger partial charge in [-0.15, -0.1) is 0 Å². The zero-order valence-corrected chi connectivity index (χ0v) is 8.62. The smallest absolute Gasteiger partial charge is 0.215 e. The number of aromatic nitrogens is 1. The first-order chi connectivity index (χ1) is 6.74. The summed E-state index contributed by atoms with van der Waals surface area (Å²) in [6, 6.07) is 1.72. The maximum absolute atomic E-state index is 5.70. The molecule has 0 unspecified atom stereocenters. The SMILES string of the molecule is CCOCCOc1cc(N)c(C)cn1. The van der Waals surface area contributed by atoms with E-state index >= 15 is 0 Å². The second-order valence-corrected chi connectivity index (χ2v) is 2.92. The van der Waals surface area contributed by atoms with Crippen LogP contribution in [0.2, 0.25) is 0 Å². The number of hydrogen-bond donors (Lipinski definition) is 1. The number of aryl methyl sites for hydroxylation is 1. The lowest BCUT2D eigenvalue weighted by Crippen LogP contribution is -2.07. The second kappa shape index (κ2) is 5.44. The van der Waals surface area contributed by atoms with Gasteiger partial charge in [0, 0.05) is 24.6 Å². The van der Waals surface area contributed by atoms with Crippen LogP contribution in [0.1, 0.15) is 12.5 Å². The van der Waals surface area contributed by atoms with E-state index in [4.69, 9.17) is 15.2 Å². The second-order valence-electron chi connectivity index (χ2n) is 2.92. The fourth-order valence-electron chi connectivity index (χ4n) is 0.948. The van der Waals surface area contributed by atoms with Crippen LogP contribution >= 0.6 is 0 Å². The molecule has 4 heteroatoms.